The molecule has 2 aromatic carbocycles. The maximum absolute atomic E-state index is 8.42. The van der Waals surface area contributed by atoms with Crippen LogP contribution in [0, 0.1) is 0 Å². The number of rotatable bonds is 7. The third-order valence-electron chi connectivity index (χ3n) is 2.50. The summed E-state index contributed by atoms with van der Waals surface area (Å²) in [7, 11) is 0. The second kappa shape index (κ2) is 7.41. The van der Waals surface area contributed by atoms with E-state index >= 15 is 0 Å². The van der Waals surface area contributed by atoms with Crippen LogP contribution >= 0.6 is 0 Å². The van der Waals surface area contributed by atoms with E-state index in [4.69, 9.17) is 14.7 Å². The van der Waals surface area contributed by atoms with Gasteiger partial charge in [-0.1, -0.05) is 18.2 Å². The SMILES string of the molecule is ONCCCOc1ccc(Oc2ccccc2)cc1. The molecule has 0 amide bonds. The normalized spacial score (nSPS) is 10.2. The van der Waals surface area contributed by atoms with Crippen molar-refractivity contribution in [3.63, 3.8) is 0 Å². The van der Waals surface area contributed by atoms with Gasteiger partial charge in [-0.05, 0) is 42.8 Å². The van der Waals surface area contributed by atoms with Crippen LogP contribution < -0.4 is 15.0 Å². The van der Waals surface area contributed by atoms with Crippen molar-refractivity contribution in [2.75, 3.05) is 13.2 Å². The van der Waals surface area contributed by atoms with Crippen molar-refractivity contribution >= 4 is 0 Å². The van der Waals surface area contributed by atoms with Gasteiger partial charge in [0.1, 0.15) is 17.2 Å². The zero-order valence-electron chi connectivity index (χ0n) is 10.6. The first-order valence-corrected chi connectivity index (χ1v) is 6.21. The summed E-state index contributed by atoms with van der Waals surface area (Å²) < 4.78 is 11.2. The topological polar surface area (TPSA) is 50.7 Å². The van der Waals surface area contributed by atoms with Gasteiger partial charge in [0, 0.05) is 6.54 Å². The number of hydrogen-bond acceptors (Lipinski definition) is 4. The van der Waals surface area contributed by atoms with E-state index in [1.54, 1.807) is 0 Å². The number of para-hydroxylation sites is 1. The number of ether oxygens (including phenoxy) is 2. The van der Waals surface area contributed by atoms with Gasteiger partial charge in [-0.25, -0.2) is 5.48 Å². The van der Waals surface area contributed by atoms with Crippen molar-refractivity contribution < 1.29 is 14.7 Å². The Morgan fingerprint density at radius 2 is 1.47 bits per heavy atom. The first-order chi connectivity index (χ1) is 9.38. The molecule has 0 aliphatic carbocycles. The van der Waals surface area contributed by atoms with Crippen LogP contribution in [0.4, 0.5) is 0 Å². The average molecular weight is 259 g/mol. The minimum atomic E-state index is 0.523. The van der Waals surface area contributed by atoms with Gasteiger partial charge in [0.15, 0.2) is 0 Å². The summed E-state index contributed by atoms with van der Waals surface area (Å²) >= 11 is 0. The summed E-state index contributed by atoms with van der Waals surface area (Å²) in [5, 5.41) is 8.42. The van der Waals surface area contributed by atoms with Gasteiger partial charge < -0.3 is 14.7 Å². The Morgan fingerprint density at radius 3 is 2.16 bits per heavy atom. The van der Waals surface area contributed by atoms with Crippen molar-refractivity contribution in [1.82, 2.24) is 5.48 Å². The van der Waals surface area contributed by atoms with Crippen LogP contribution in [-0.4, -0.2) is 18.4 Å². The highest BCUT2D eigenvalue weighted by molar-refractivity contribution is 5.35. The second-order valence-electron chi connectivity index (χ2n) is 4.00. The Morgan fingerprint density at radius 1 is 0.842 bits per heavy atom. The molecule has 0 aliphatic heterocycles. The summed E-state index contributed by atoms with van der Waals surface area (Å²) in [5.41, 5.74) is 2.09. The van der Waals surface area contributed by atoms with Crippen molar-refractivity contribution in [3.05, 3.63) is 54.6 Å². The molecule has 4 heteroatoms. The summed E-state index contributed by atoms with van der Waals surface area (Å²) in [6.07, 6.45) is 0.749. The third kappa shape index (κ3) is 4.62. The second-order valence-corrected chi connectivity index (χ2v) is 4.00. The first kappa shape index (κ1) is 13.4. The summed E-state index contributed by atoms with van der Waals surface area (Å²) in [6.45, 7) is 1.08. The number of nitrogens with one attached hydrogen (secondary N) is 1. The summed E-state index contributed by atoms with van der Waals surface area (Å²) in [4.78, 5) is 0. The predicted molar refractivity (Wildman–Crippen MR) is 72.9 cm³/mol. The van der Waals surface area contributed by atoms with Crippen molar-refractivity contribution in [2.45, 2.75) is 6.42 Å². The molecule has 2 N–H and O–H groups in total. The van der Waals surface area contributed by atoms with Crippen molar-refractivity contribution in [2.24, 2.45) is 0 Å². The average Bonchev–Trinajstić information content (AvgIpc) is 2.46. The highest BCUT2D eigenvalue weighted by Gasteiger charge is 1.98. The maximum Gasteiger partial charge on any atom is 0.127 e. The Kier molecular flexibility index (Phi) is 5.22. The van der Waals surface area contributed by atoms with Gasteiger partial charge in [0.2, 0.25) is 0 Å². The fourth-order valence-electron chi connectivity index (χ4n) is 1.57. The van der Waals surface area contributed by atoms with Crippen LogP contribution in [0.2, 0.25) is 0 Å². The number of hydrogen-bond donors (Lipinski definition) is 2. The minimum Gasteiger partial charge on any atom is -0.494 e. The van der Waals surface area contributed by atoms with Crippen LogP contribution in [0.25, 0.3) is 0 Å². The van der Waals surface area contributed by atoms with E-state index < -0.39 is 0 Å². The van der Waals surface area contributed by atoms with Crippen LogP contribution in [-0.2, 0) is 0 Å². The monoisotopic (exact) mass is 259 g/mol. The highest BCUT2D eigenvalue weighted by atomic mass is 16.5. The zero-order chi connectivity index (χ0) is 13.3. The lowest BCUT2D eigenvalue weighted by atomic mass is 10.3. The van der Waals surface area contributed by atoms with E-state index in [0.717, 1.165) is 23.7 Å². The lowest BCUT2D eigenvalue weighted by Crippen LogP contribution is -2.12. The van der Waals surface area contributed by atoms with Crippen molar-refractivity contribution in [1.29, 1.82) is 0 Å². The van der Waals surface area contributed by atoms with E-state index in [0.29, 0.717) is 13.2 Å². The zero-order valence-corrected chi connectivity index (χ0v) is 10.6. The maximum atomic E-state index is 8.42. The van der Waals surface area contributed by atoms with E-state index in [1.165, 1.54) is 0 Å². The lowest BCUT2D eigenvalue weighted by molar-refractivity contribution is 0.157. The third-order valence-corrected chi connectivity index (χ3v) is 2.50. The highest BCUT2D eigenvalue weighted by Crippen LogP contribution is 2.23. The molecular formula is C15H17NO3. The molecule has 0 unspecified atom stereocenters. The molecule has 19 heavy (non-hydrogen) atoms. The van der Waals surface area contributed by atoms with E-state index in [1.807, 2.05) is 54.6 Å². The molecule has 100 valence electrons. The first-order valence-electron chi connectivity index (χ1n) is 6.21. The molecule has 2 aromatic rings. The molecule has 0 saturated carbocycles. The minimum absolute atomic E-state index is 0.523. The molecule has 0 bridgehead atoms. The Bertz CT molecular complexity index is 471. The molecule has 0 radical (unpaired) electrons. The van der Waals surface area contributed by atoms with Crippen LogP contribution in [0.1, 0.15) is 6.42 Å². The molecule has 0 spiro atoms. The summed E-state index contributed by atoms with van der Waals surface area (Å²) in [6, 6.07) is 17.1. The largest absolute Gasteiger partial charge is 0.494 e. The number of benzene rings is 2. The number of hydroxylamine groups is 1. The molecule has 0 fully saturated rings. The molecule has 2 rings (SSSR count). The fraction of sp³-hybridized carbons (Fsp3) is 0.200. The molecule has 0 aromatic heterocycles. The molecule has 0 atom stereocenters. The molecule has 4 nitrogen and oxygen atoms in total. The van der Waals surface area contributed by atoms with E-state index in [9.17, 15) is 0 Å². The van der Waals surface area contributed by atoms with Gasteiger partial charge in [-0.3, -0.25) is 0 Å². The van der Waals surface area contributed by atoms with Crippen LogP contribution in [0.5, 0.6) is 17.2 Å². The van der Waals surface area contributed by atoms with Crippen LogP contribution in [0.3, 0.4) is 0 Å². The van der Waals surface area contributed by atoms with Crippen LogP contribution in [0.15, 0.2) is 54.6 Å². The van der Waals surface area contributed by atoms with E-state index in [-0.39, 0.29) is 0 Å². The fourth-order valence-corrected chi connectivity index (χ4v) is 1.57. The van der Waals surface area contributed by atoms with Gasteiger partial charge in [-0.2, -0.15) is 0 Å². The Labute approximate surface area is 112 Å². The molecule has 0 saturated heterocycles. The Balaban J connectivity index is 1.84. The van der Waals surface area contributed by atoms with E-state index in [2.05, 4.69) is 5.48 Å². The van der Waals surface area contributed by atoms with Gasteiger partial charge in [-0.15, -0.1) is 0 Å². The predicted octanol–water partition coefficient (Wildman–Crippen LogP) is 3.23. The molecule has 0 aliphatic rings. The Hall–Kier alpha value is -2.04. The quantitative estimate of drug-likeness (QED) is 0.592. The lowest BCUT2D eigenvalue weighted by Gasteiger charge is -2.08. The summed E-state index contributed by atoms with van der Waals surface area (Å²) in [5.74, 6) is 2.37. The van der Waals surface area contributed by atoms with Gasteiger partial charge in [0.05, 0.1) is 6.61 Å². The molecular weight excluding hydrogens is 242 g/mol. The van der Waals surface area contributed by atoms with Gasteiger partial charge in [0.25, 0.3) is 0 Å². The van der Waals surface area contributed by atoms with Gasteiger partial charge >= 0.3 is 0 Å². The van der Waals surface area contributed by atoms with Crippen molar-refractivity contribution in [3.8, 4) is 17.2 Å². The molecule has 0 heterocycles. The smallest absolute Gasteiger partial charge is 0.127 e. The standard InChI is InChI=1S/C15H17NO3/c17-16-11-4-12-18-13-7-9-15(10-8-13)19-14-5-2-1-3-6-14/h1-3,5-10,16-17H,4,11-12H2.